The molecule has 0 bridgehead atoms. The summed E-state index contributed by atoms with van der Waals surface area (Å²) in [6, 6.07) is 7.66. The van der Waals surface area contributed by atoms with Gasteiger partial charge in [-0.25, -0.2) is 0 Å². The molecule has 0 saturated carbocycles. The van der Waals surface area contributed by atoms with Crippen LogP contribution in [0.3, 0.4) is 0 Å². The lowest BCUT2D eigenvalue weighted by atomic mass is 10.1. The second-order valence-corrected chi connectivity index (χ2v) is 6.20. The molecule has 1 aromatic carbocycles. The molecule has 3 amide bonds. The van der Waals surface area contributed by atoms with E-state index in [1.807, 2.05) is 24.3 Å². The Kier molecular flexibility index (Phi) is 6.00. The Morgan fingerprint density at radius 3 is 2.41 bits per heavy atom. The first-order valence-electron chi connectivity index (χ1n) is 7.40. The maximum atomic E-state index is 12.0. The molecule has 1 aliphatic rings. The third-order valence-electron chi connectivity index (χ3n) is 3.41. The number of hydrogen-bond donors (Lipinski definition) is 1. The van der Waals surface area contributed by atoms with Crippen molar-refractivity contribution in [3.8, 4) is 0 Å². The molecule has 1 fully saturated rings. The fourth-order valence-electron chi connectivity index (χ4n) is 2.18. The van der Waals surface area contributed by atoms with Gasteiger partial charge in [0.1, 0.15) is 6.54 Å². The molecule has 0 spiro atoms. The van der Waals surface area contributed by atoms with Crippen molar-refractivity contribution >= 4 is 35.2 Å². The van der Waals surface area contributed by atoms with Gasteiger partial charge in [0.2, 0.25) is 17.7 Å². The van der Waals surface area contributed by atoms with Crippen molar-refractivity contribution in [2.24, 2.45) is 0 Å². The van der Waals surface area contributed by atoms with E-state index in [0.29, 0.717) is 5.69 Å². The number of amides is 3. The van der Waals surface area contributed by atoms with Gasteiger partial charge >= 0.3 is 0 Å². The second-order valence-electron chi connectivity index (χ2n) is 5.22. The molecule has 1 saturated heterocycles. The summed E-state index contributed by atoms with van der Waals surface area (Å²) in [5.74, 6) is -0.441. The molecule has 0 radical (unpaired) electrons. The molecule has 0 aromatic heterocycles. The highest BCUT2D eigenvalue weighted by Gasteiger charge is 2.28. The van der Waals surface area contributed by atoms with Gasteiger partial charge in [-0.05, 0) is 30.5 Å². The van der Waals surface area contributed by atoms with Crippen LogP contribution in [-0.4, -0.2) is 40.7 Å². The summed E-state index contributed by atoms with van der Waals surface area (Å²) in [7, 11) is 0. The van der Waals surface area contributed by atoms with Crippen molar-refractivity contribution in [2.75, 3.05) is 23.4 Å². The number of rotatable bonds is 6. The van der Waals surface area contributed by atoms with Gasteiger partial charge in [0.15, 0.2) is 0 Å². The van der Waals surface area contributed by atoms with Gasteiger partial charge in [-0.1, -0.05) is 25.5 Å². The van der Waals surface area contributed by atoms with Crippen molar-refractivity contribution in [3.63, 3.8) is 0 Å². The van der Waals surface area contributed by atoms with Crippen molar-refractivity contribution in [2.45, 2.75) is 26.2 Å². The Hall–Kier alpha value is -1.82. The standard InChI is InChI=1S/C16H20N2O3S/c1-2-3-4-12-5-7-13(8-6-12)17-14(19)9-18-15(20)10-22-11-16(18)21/h5-8H,2-4,9-11H2,1H3,(H,17,19). The lowest BCUT2D eigenvalue weighted by Crippen LogP contribution is -2.46. The predicted molar refractivity (Wildman–Crippen MR) is 87.7 cm³/mol. The molecule has 6 heteroatoms. The average Bonchev–Trinajstić information content (AvgIpc) is 2.50. The molecule has 1 aliphatic heterocycles. The highest BCUT2D eigenvalue weighted by Crippen LogP contribution is 2.14. The zero-order valence-electron chi connectivity index (χ0n) is 12.6. The predicted octanol–water partition coefficient (Wildman–Crippen LogP) is 2.07. The highest BCUT2D eigenvalue weighted by molar-refractivity contribution is 8.00. The minimum Gasteiger partial charge on any atom is -0.325 e. The molecule has 0 aliphatic carbocycles. The quantitative estimate of drug-likeness (QED) is 0.815. The summed E-state index contributed by atoms with van der Waals surface area (Å²) in [5, 5.41) is 2.72. The van der Waals surface area contributed by atoms with E-state index in [1.165, 1.54) is 17.3 Å². The molecule has 118 valence electrons. The molecule has 5 nitrogen and oxygen atoms in total. The van der Waals surface area contributed by atoms with E-state index in [0.717, 1.165) is 24.2 Å². The van der Waals surface area contributed by atoms with Gasteiger partial charge in [-0.15, -0.1) is 11.8 Å². The molecule has 0 atom stereocenters. The Morgan fingerprint density at radius 1 is 1.18 bits per heavy atom. The first-order valence-corrected chi connectivity index (χ1v) is 8.55. The Labute approximate surface area is 134 Å². The van der Waals surface area contributed by atoms with Crippen molar-refractivity contribution < 1.29 is 14.4 Å². The third kappa shape index (κ3) is 4.59. The molecule has 1 N–H and O–H groups in total. The molecular weight excluding hydrogens is 300 g/mol. The van der Waals surface area contributed by atoms with E-state index >= 15 is 0 Å². The van der Waals surface area contributed by atoms with Gasteiger partial charge in [-0.2, -0.15) is 0 Å². The van der Waals surface area contributed by atoms with Gasteiger partial charge in [0.05, 0.1) is 11.5 Å². The monoisotopic (exact) mass is 320 g/mol. The fraction of sp³-hybridized carbons (Fsp3) is 0.438. The van der Waals surface area contributed by atoms with Gasteiger partial charge < -0.3 is 5.32 Å². The highest BCUT2D eigenvalue weighted by atomic mass is 32.2. The van der Waals surface area contributed by atoms with Crippen LogP contribution in [0.15, 0.2) is 24.3 Å². The van der Waals surface area contributed by atoms with E-state index in [2.05, 4.69) is 12.2 Å². The van der Waals surface area contributed by atoms with E-state index in [1.54, 1.807) is 0 Å². The SMILES string of the molecule is CCCCc1ccc(NC(=O)CN2C(=O)CSCC2=O)cc1. The number of nitrogens with zero attached hydrogens (tertiary/aromatic N) is 1. The number of imide groups is 1. The van der Waals surface area contributed by atoms with Crippen molar-refractivity contribution in [1.29, 1.82) is 0 Å². The van der Waals surface area contributed by atoms with Crippen molar-refractivity contribution in [1.82, 2.24) is 4.90 Å². The first kappa shape index (κ1) is 16.5. The molecule has 2 rings (SSSR count). The summed E-state index contributed by atoms with van der Waals surface area (Å²) in [6.07, 6.45) is 3.32. The molecular formula is C16H20N2O3S. The lowest BCUT2D eigenvalue weighted by Gasteiger charge is -2.23. The molecule has 0 unspecified atom stereocenters. The zero-order valence-corrected chi connectivity index (χ0v) is 13.4. The third-order valence-corrected chi connectivity index (χ3v) is 4.31. The largest absolute Gasteiger partial charge is 0.325 e. The summed E-state index contributed by atoms with van der Waals surface area (Å²) in [4.78, 5) is 36.3. The smallest absolute Gasteiger partial charge is 0.244 e. The Balaban J connectivity index is 1.88. The summed E-state index contributed by atoms with van der Waals surface area (Å²) < 4.78 is 0. The van der Waals surface area contributed by atoms with Crippen molar-refractivity contribution in [3.05, 3.63) is 29.8 Å². The number of aryl methyl sites for hydroxylation is 1. The number of anilines is 1. The summed E-state index contributed by atoms with van der Waals surface area (Å²) >= 11 is 1.28. The van der Waals surface area contributed by atoms with Crippen LogP contribution in [0.4, 0.5) is 5.69 Å². The van der Waals surface area contributed by atoms with E-state index in [4.69, 9.17) is 0 Å². The maximum absolute atomic E-state index is 12.0. The number of thioether (sulfide) groups is 1. The number of carbonyl (C=O) groups excluding carboxylic acids is 3. The molecule has 22 heavy (non-hydrogen) atoms. The van der Waals surface area contributed by atoms with Crippen LogP contribution < -0.4 is 5.32 Å². The number of hydrogen-bond acceptors (Lipinski definition) is 4. The Morgan fingerprint density at radius 2 is 1.82 bits per heavy atom. The lowest BCUT2D eigenvalue weighted by molar-refractivity contribution is -0.144. The van der Waals surface area contributed by atoms with Gasteiger partial charge in [0, 0.05) is 5.69 Å². The van der Waals surface area contributed by atoms with E-state index in [-0.39, 0.29) is 35.8 Å². The number of nitrogens with one attached hydrogen (secondary N) is 1. The Bertz CT molecular complexity index is 541. The number of carbonyl (C=O) groups is 3. The number of benzene rings is 1. The minimum absolute atomic E-state index is 0.212. The summed E-state index contributed by atoms with van der Waals surface area (Å²) in [5.41, 5.74) is 1.91. The van der Waals surface area contributed by atoms with E-state index < -0.39 is 0 Å². The van der Waals surface area contributed by atoms with Crippen LogP contribution in [0, 0.1) is 0 Å². The normalized spacial score (nSPS) is 15.0. The fourth-order valence-corrected chi connectivity index (χ4v) is 2.94. The second kappa shape index (κ2) is 7.98. The molecule has 1 heterocycles. The van der Waals surface area contributed by atoms with Gasteiger partial charge in [-0.3, -0.25) is 19.3 Å². The number of unbranched alkanes of at least 4 members (excludes halogenated alkanes) is 1. The zero-order chi connectivity index (χ0) is 15.9. The average molecular weight is 320 g/mol. The van der Waals surface area contributed by atoms with Crippen LogP contribution in [0.25, 0.3) is 0 Å². The van der Waals surface area contributed by atoms with Crippen LogP contribution >= 0.6 is 11.8 Å². The summed E-state index contributed by atoms with van der Waals surface area (Å²) in [6.45, 7) is 1.94. The van der Waals surface area contributed by atoms with Crippen LogP contribution in [0.5, 0.6) is 0 Å². The minimum atomic E-state index is -0.352. The van der Waals surface area contributed by atoms with E-state index in [9.17, 15) is 14.4 Å². The van der Waals surface area contributed by atoms with Crippen LogP contribution in [-0.2, 0) is 20.8 Å². The van der Waals surface area contributed by atoms with Crippen LogP contribution in [0.2, 0.25) is 0 Å². The topological polar surface area (TPSA) is 66.5 Å². The van der Waals surface area contributed by atoms with Crippen LogP contribution in [0.1, 0.15) is 25.3 Å². The molecule has 1 aromatic rings. The first-order chi connectivity index (χ1) is 10.6. The maximum Gasteiger partial charge on any atom is 0.244 e. The van der Waals surface area contributed by atoms with Gasteiger partial charge in [0.25, 0.3) is 0 Å².